The number of rotatable bonds is 5. The van der Waals surface area contributed by atoms with Crippen molar-refractivity contribution in [2.24, 2.45) is 0 Å². The Balaban J connectivity index is 1.69. The molecule has 0 spiro atoms. The van der Waals surface area contributed by atoms with E-state index in [9.17, 15) is 27.9 Å². The first kappa shape index (κ1) is 25.0. The molecule has 5 rings (SSSR count). The third-order valence-corrected chi connectivity index (χ3v) is 6.53. The zero-order valence-electron chi connectivity index (χ0n) is 20.3. The molecule has 0 radical (unpaired) electrons. The van der Waals surface area contributed by atoms with E-state index in [4.69, 9.17) is 0 Å². The number of nitrogens with zero attached hydrogens (tertiary/aromatic N) is 1. The first-order valence-electron chi connectivity index (χ1n) is 11.9. The number of carbonyl (C=O) groups excluding carboxylic acids is 1. The molecular weight excluding hydrogens is 491 g/mol. The SMILES string of the molecule is Cc1ccc(/C(=C2\C(=O)N(Cc3cccc(C(=O)O)c3)c3ccccc32)c2ccc(C(F)(F)F)cc2)cc1. The Morgan fingerprint density at radius 1 is 0.816 bits per heavy atom. The quantitative estimate of drug-likeness (QED) is 0.287. The van der Waals surface area contributed by atoms with Crippen LogP contribution in [-0.4, -0.2) is 17.0 Å². The number of fused-ring (bicyclic) bond motifs is 1. The lowest BCUT2D eigenvalue weighted by molar-refractivity contribution is -0.137. The second-order valence-electron chi connectivity index (χ2n) is 9.11. The van der Waals surface area contributed by atoms with Crippen LogP contribution in [0.4, 0.5) is 18.9 Å². The van der Waals surface area contributed by atoms with Gasteiger partial charge in [0.1, 0.15) is 0 Å². The van der Waals surface area contributed by atoms with Crippen molar-refractivity contribution in [3.8, 4) is 0 Å². The smallest absolute Gasteiger partial charge is 0.416 e. The van der Waals surface area contributed by atoms with Crippen molar-refractivity contribution in [3.05, 3.63) is 136 Å². The van der Waals surface area contributed by atoms with Crippen LogP contribution in [0.3, 0.4) is 0 Å². The first-order chi connectivity index (χ1) is 18.1. The third kappa shape index (κ3) is 4.70. The molecule has 38 heavy (non-hydrogen) atoms. The molecule has 1 aliphatic heterocycles. The Labute approximate surface area is 217 Å². The third-order valence-electron chi connectivity index (χ3n) is 6.53. The predicted octanol–water partition coefficient (Wildman–Crippen LogP) is 7.22. The predicted molar refractivity (Wildman–Crippen MR) is 140 cm³/mol. The fourth-order valence-corrected chi connectivity index (χ4v) is 4.67. The van der Waals surface area contributed by atoms with Gasteiger partial charge in [-0.3, -0.25) is 4.79 Å². The first-order valence-corrected chi connectivity index (χ1v) is 11.9. The summed E-state index contributed by atoms with van der Waals surface area (Å²) in [6, 6.07) is 25.9. The minimum Gasteiger partial charge on any atom is -0.478 e. The highest BCUT2D eigenvalue weighted by Gasteiger charge is 2.36. The lowest BCUT2D eigenvalue weighted by Crippen LogP contribution is -2.26. The van der Waals surface area contributed by atoms with Gasteiger partial charge in [-0.05, 0) is 53.9 Å². The van der Waals surface area contributed by atoms with Crippen molar-refractivity contribution in [2.75, 3.05) is 4.90 Å². The van der Waals surface area contributed by atoms with E-state index >= 15 is 0 Å². The highest BCUT2D eigenvalue weighted by atomic mass is 19.4. The zero-order valence-corrected chi connectivity index (χ0v) is 20.3. The van der Waals surface area contributed by atoms with E-state index in [0.29, 0.717) is 39.1 Å². The molecule has 7 heteroatoms. The topological polar surface area (TPSA) is 57.6 Å². The number of amides is 1. The van der Waals surface area contributed by atoms with Crippen LogP contribution in [0.2, 0.25) is 0 Å². The Morgan fingerprint density at radius 3 is 2.08 bits per heavy atom. The van der Waals surface area contributed by atoms with Crippen molar-refractivity contribution in [1.82, 2.24) is 0 Å². The molecule has 0 aliphatic carbocycles. The summed E-state index contributed by atoms with van der Waals surface area (Å²) in [6.07, 6.45) is -4.48. The average molecular weight is 514 g/mol. The number of carboxylic acids is 1. The number of benzene rings is 4. The molecule has 1 amide bonds. The summed E-state index contributed by atoms with van der Waals surface area (Å²) in [4.78, 5) is 27.1. The van der Waals surface area contributed by atoms with Crippen LogP contribution >= 0.6 is 0 Å². The largest absolute Gasteiger partial charge is 0.478 e. The Bertz CT molecular complexity index is 1570. The molecule has 0 saturated carbocycles. The van der Waals surface area contributed by atoms with E-state index in [1.807, 2.05) is 37.3 Å². The molecule has 0 atom stereocenters. The number of anilines is 1. The highest BCUT2D eigenvalue weighted by Crippen LogP contribution is 2.44. The van der Waals surface area contributed by atoms with Gasteiger partial charge in [0.15, 0.2) is 0 Å². The molecule has 4 aromatic rings. The van der Waals surface area contributed by atoms with Crippen molar-refractivity contribution in [1.29, 1.82) is 0 Å². The molecule has 4 nitrogen and oxygen atoms in total. The van der Waals surface area contributed by atoms with E-state index in [0.717, 1.165) is 17.7 Å². The lowest BCUT2D eigenvalue weighted by atomic mass is 9.89. The summed E-state index contributed by atoms with van der Waals surface area (Å²) in [7, 11) is 0. The van der Waals surface area contributed by atoms with E-state index in [2.05, 4.69) is 0 Å². The van der Waals surface area contributed by atoms with Gasteiger partial charge in [-0.25, -0.2) is 4.79 Å². The maximum atomic E-state index is 14.0. The molecule has 1 aliphatic rings. The van der Waals surface area contributed by atoms with Gasteiger partial charge in [-0.15, -0.1) is 0 Å². The van der Waals surface area contributed by atoms with E-state index < -0.39 is 17.7 Å². The summed E-state index contributed by atoms with van der Waals surface area (Å²) in [5.74, 6) is -1.38. The molecule has 190 valence electrons. The number of aryl methyl sites for hydroxylation is 1. The normalized spacial score (nSPS) is 14.4. The van der Waals surface area contributed by atoms with Crippen LogP contribution in [0.5, 0.6) is 0 Å². The monoisotopic (exact) mass is 513 g/mol. The van der Waals surface area contributed by atoms with Gasteiger partial charge in [0.05, 0.1) is 28.9 Å². The molecule has 0 unspecified atom stereocenters. The maximum absolute atomic E-state index is 14.0. The molecular formula is C31H22F3NO3. The standard InChI is InChI=1S/C31H22F3NO3/c1-19-9-11-21(12-10-19)27(22-13-15-24(16-14-22)31(32,33)34)28-25-7-2-3-8-26(25)35(29(28)36)18-20-5-4-6-23(17-20)30(37)38/h2-17H,18H2,1H3,(H,37,38)/b28-27+. The van der Waals surface area contributed by atoms with Gasteiger partial charge >= 0.3 is 12.1 Å². The number of hydrogen-bond acceptors (Lipinski definition) is 2. The number of alkyl halides is 3. The summed E-state index contributed by atoms with van der Waals surface area (Å²) in [5, 5.41) is 9.38. The number of aromatic carboxylic acids is 1. The minimum atomic E-state index is -4.48. The van der Waals surface area contributed by atoms with Gasteiger partial charge < -0.3 is 10.0 Å². The van der Waals surface area contributed by atoms with Crippen molar-refractivity contribution in [2.45, 2.75) is 19.6 Å². The number of hydrogen-bond donors (Lipinski definition) is 1. The summed E-state index contributed by atoms with van der Waals surface area (Å²) >= 11 is 0. The zero-order chi connectivity index (χ0) is 27.0. The van der Waals surface area contributed by atoms with Crippen LogP contribution in [-0.2, 0) is 17.5 Å². The number of carboxylic acid groups (broad SMARTS) is 1. The lowest BCUT2D eigenvalue weighted by Gasteiger charge is -2.18. The minimum absolute atomic E-state index is 0.114. The Hall–Kier alpha value is -4.65. The van der Waals surface area contributed by atoms with Crippen molar-refractivity contribution in [3.63, 3.8) is 0 Å². The second-order valence-corrected chi connectivity index (χ2v) is 9.11. The molecule has 0 fully saturated rings. The van der Waals surface area contributed by atoms with Crippen LogP contribution < -0.4 is 4.90 Å². The van der Waals surface area contributed by atoms with Crippen LogP contribution in [0.1, 0.15) is 43.7 Å². The number of para-hydroxylation sites is 1. The summed E-state index contributed by atoms with van der Waals surface area (Å²) in [6.45, 7) is 2.06. The summed E-state index contributed by atoms with van der Waals surface area (Å²) in [5.41, 5.74) is 4.36. The average Bonchev–Trinajstić information content (AvgIpc) is 3.16. The van der Waals surface area contributed by atoms with Crippen molar-refractivity contribution >= 4 is 28.7 Å². The maximum Gasteiger partial charge on any atom is 0.416 e. The van der Waals surface area contributed by atoms with Crippen LogP contribution in [0.15, 0.2) is 97.1 Å². The fourth-order valence-electron chi connectivity index (χ4n) is 4.67. The van der Waals surface area contributed by atoms with E-state index in [1.165, 1.54) is 24.3 Å². The van der Waals surface area contributed by atoms with Gasteiger partial charge in [0.25, 0.3) is 5.91 Å². The number of carbonyl (C=O) groups is 2. The van der Waals surface area contributed by atoms with Gasteiger partial charge in [0.2, 0.25) is 0 Å². The van der Waals surface area contributed by atoms with E-state index in [1.54, 1.807) is 35.2 Å². The Kier molecular flexibility index (Phi) is 6.36. The van der Waals surface area contributed by atoms with Gasteiger partial charge in [0, 0.05) is 11.1 Å². The summed E-state index contributed by atoms with van der Waals surface area (Å²) < 4.78 is 39.8. The van der Waals surface area contributed by atoms with Crippen molar-refractivity contribution < 1.29 is 27.9 Å². The van der Waals surface area contributed by atoms with Gasteiger partial charge in [-0.2, -0.15) is 13.2 Å². The fraction of sp³-hybridized carbons (Fsp3) is 0.0968. The van der Waals surface area contributed by atoms with Crippen LogP contribution in [0, 0.1) is 6.92 Å². The molecule has 0 bridgehead atoms. The number of halogens is 3. The van der Waals surface area contributed by atoms with Gasteiger partial charge in [-0.1, -0.05) is 72.3 Å². The van der Waals surface area contributed by atoms with E-state index in [-0.39, 0.29) is 18.0 Å². The molecule has 4 aromatic carbocycles. The molecule has 1 N–H and O–H groups in total. The molecule has 0 aromatic heterocycles. The Morgan fingerprint density at radius 2 is 1.45 bits per heavy atom. The molecule has 1 heterocycles. The second kappa shape index (κ2) is 9.67. The van der Waals surface area contributed by atoms with Crippen LogP contribution in [0.25, 0.3) is 11.1 Å². The molecule has 0 saturated heterocycles. The highest BCUT2D eigenvalue weighted by molar-refractivity contribution is 6.38.